The topological polar surface area (TPSA) is 636 Å². The third-order valence-corrected chi connectivity index (χ3v) is 17.6. The number of nitrogens with zero attached hydrogens (tertiary/aromatic N) is 12. The molecule has 0 atom stereocenters. The summed E-state index contributed by atoms with van der Waals surface area (Å²) in [5, 5.41) is 138. The first kappa shape index (κ1) is 101. The molecule has 0 N–H and O–H groups in total. The van der Waals surface area contributed by atoms with Gasteiger partial charge in [0.25, 0.3) is 0 Å². The van der Waals surface area contributed by atoms with Gasteiger partial charge < -0.3 is 131 Å². The predicted octanol–water partition coefficient (Wildman–Crippen LogP) is -5.95. The Morgan fingerprint density at radius 2 is 0.189 bits per heavy atom. The van der Waals surface area contributed by atoms with Gasteiger partial charge in [-0.15, -0.1) is 0 Å². The summed E-state index contributed by atoms with van der Waals surface area (Å²) >= 11 is 0. The molecule has 18 rings (SSSR count). The van der Waals surface area contributed by atoms with Gasteiger partial charge in [-0.2, -0.15) is 0 Å². The Balaban J connectivity index is 0.000000233. The maximum absolute atomic E-state index is 10.9. The van der Waals surface area contributed by atoms with E-state index in [1.165, 1.54) is 72.8 Å². The van der Waals surface area contributed by atoms with Gasteiger partial charge in [0.05, 0.1) is 206 Å². The Morgan fingerprint density at radius 1 is 0.134 bits per heavy atom. The summed E-state index contributed by atoms with van der Waals surface area (Å²) in [7, 11) is 0. The van der Waals surface area contributed by atoms with E-state index in [0.717, 1.165) is 0 Å². The first-order valence-corrected chi connectivity index (χ1v) is 34.2. The van der Waals surface area contributed by atoms with Crippen molar-refractivity contribution >= 4 is 202 Å². The van der Waals surface area contributed by atoms with Gasteiger partial charge in [0.1, 0.15) is 0 Å². The molecule has 0 aliphatic heterocycles. The van der Waals surface area contributed by atoms with E-state index < -0.39 is 71.6 Å². The zero-order chi connectivity index (χ0) is 85.7. The number of carbonyl (C=O) groups excluding carboxylic acids is 12. The van der Waals surface area contributed by atoms with Gasteiger partial charge in [-0.25, -0.2) is 59.8 Å². The van der Waals surface area contributed by atoms with Crippen LogP contribution in [0.2, 0.25) is 0 Å². The summed E-state index contributed by atoms with van der Waals surface area (Å²) in [6.45, 7) is 0. The van der Waals surface area contributed by atoms with Crippen LogP contribution in [0.5, 0.6) is 0 Å². The molecule has 43 heteroatoms. The maximum Gasteiger partial charge on any atom is 3.00 e. The molecule has 18 aromatic rings. The van der Waals surface area contributed by atoms with Gasteiger partial charge in [-0.1, -0.05) is 146 Å². The second kappa shape index (κ2) is 43.0. The zero-order valence-electron chi connectivity index (χ0n) is 62.3. The Hall–Kier alpha value is -14.8. The van der Waals surface area contributed by atoms with E-state index in [0.29, 0.717) is 131 Å². The van der Waals surface area contributed by atoms with Crippen LogP contribution in [0, 0.1) is 0 Å². The normalized spacial score (nSPS) is 10.2. The number of hydrogen-bond donors (Lipinski definition) is 0. The Labute approximate surface area is 774 Å². The molecule has 0 fully saturated rings. The van der Waals surface area contributed by atoms with Crippen LogP contribution < -0.4 is 73.7 Å². The second-order valence-corrected chi connectivity index (χ2v) is 25.1. The molecule has 12 heterocycles. The van der Waals surface area contributed by atoms with Crippen molar-refractivity contribution in [2.24, 2.45) is 0 Å². The number of carboxylic acid groups (broad SMARTS) is 12. The monoisotopic (exact) mass is 1980 g/mol. The van der Waals surface area contributed by atoms with Gasteiger partial charge in [0.2, 0.25) is 0 Å². The Bertz CT molecular complexity index is 5990. The fourth-order valence-corrected chi connectivity index (χ4v) is 12.0. The largest absolute Gasteiger partial charge is 3.00 e. The summed E-state index contributed by atoms with van der Waals surface area (Å²) in [5.41, 5.74) is 0.977. The van der Waals surface area contributed by atoms with Crippen LogP contribution in [0.25, 0.3) is 131 Å². The number of benzene rings is 6. The first-order chi connectivity index (χ1) is 57.4. The fourth-order valence-electron chi connectivity index (χ4n) is 12.0. The van der Waals surface area contributed by atoms with Crippen LogP contribution in [-0.2, 0) is 101 Å². The Kier molecular flexibility index (Phi) is 34.2. The minimum absolute atomic E-state index is 0. The van der Waals surface area contributed by atoms with Crippen molar-refractivity contribution in [2.45, 2.75) is 0 Å². The molecule has 5 radical (unpaired) electrons. The standard InChI is InChI=1S/6C14H8N2O4.ClH.6Co/c6*17-13(18)9-5-3-7-1-2-8-4-6-10(14(19)20)16-12(8)11(7)15-9;;;;;;;/h6*1-6H,(H,17,18)(H,19,20);1H;;;;;;/q;;;;;;;5*+2;+3/p-13. The average Bonchev–Trinajstić information content (AvgIpc) is 0.806. The molecular formula is C84H36ClCo6N12O24. The second-order valence-electron chi connectivity index (χ2n) is 25.1. The molecule has 36 nitrogen and oxygen atoms in total. The van der Waals surface area contributed by atoms with Crippen molar-refractivity contribution in [3.8, 4) is 0 Å². The molecule has 0 unspecified atom stereocenters. The first-order valence-electron chi connectivity index (χ1n) is 34.2. The van der Waals surface area contributed by atoms with Crippen molar-refractivity contribution in [1.29, 1.82) is 0 Å². The summed E-state index contributed by atoms with van der Waals surface area (Å²) in [5.74, 6) is -16.8. The van der Waals surface area contributed by atoms with Crippen molar-refractivity contribution in [1.82, 2.24) is 59.8 Å². The molecule has 0 aliphatic rings. The van der Waals surface area contributed by atoms with Gasteiger partial charge >= 0.3 is 101 Å². The summed E-state index contributed by atoms with van der Waals surface area (Å²) in [4.78, 5) is 178. The SMILES string of the molecule is O=C([O-])c1ccc2ccc3ccc(C(=O)[O-])nc3c2n1.O=C([O-])c1ccc2ccc3ccc(C(=O)[O-])nc3c2n1.O=C([O-])c1ccc2ccc3ccc(C(=O)[O-])nc3c2n1.O=C([O-])c1ccc2ccc3ccc(C(=O)[O-])nc3c2n1.O=C([O-])c1ccc2ccc3ccc(C(=O)[O-])nc3c2n1.O=C([O-])c1ccc2ccc3ccc(C(=O)[O-])nc3c2n1.[Cl-].[Co+2].[Co+2].[Co+2].[Co+2].[Co+2].[Co+3]. The van der Waals surface area contributed by atoms with Gasteiger partial charge in [-0.3, -0.25) is 0 Å². The number of carboxylic acids is 12. The Morgan fingerprint density at radius 3 is 0.244 bits per heavy atom. The molecule has 0 saturated heterocycles. The fraction of sp³-hybridized carbons (Fsp3) is 0. The molecule has 0 amide bonds. The molecule has 0 saturated carbocycles. The van der Waals surface area contributed by atoms with Crippen molar-refractivity contribution in [2.75, 3.05) is 0 Å². The van der Waals surface area contributed by atoms with Crippen LogP contribution in [0.4, 0.5) is 0 Å². The number of fused-ring (bicyclic) bond motifs is 18. The number of pyridine rings is 12. The van der Waals surface area contributed by atoms with Gasteiger partial charge in [0.15, 0.2) is 0 Å². The number of aromatic nitrogens is 12. The minimum atomic E-state index is -1.40. The van der Waals surface area contributed by atoms with Gasteiger partial charge in [-0.05, 0) is 72.8 Å². The maximum atomic E-state index is 10.9. The number of rotatable bonds is 12. The number of hydrogen-bond acceptors (Lipinski definition) is 36. The number of halogens is 1. The summed E-state index contributed by atoms with van der Waals surface area (Å²) < 4.78 is 0. The van der Waals surface area contributed by atoms with Crippen molar-refractivity contribution < 1.29 is 232 Å². The predicted molar refractivity (Wildman–Crippen MR) is 394 cm³/mol. The molecule has 12 aromatic heterocycles. The third kappa shape index (κ3) is 22.4. The molecule has 127 heavy (non-hydrogen) atoms. The van der Waals surface area contributed by atoms with E-state index in [1.807, 2.05) is 0 Å². The van der Waals surface area contributed by atoms with E-state index in [2.05, 4.69) is 59.8 Å². The van der Waals surface area contributed by atoms with E-state index in [4.69, 9.17) is 0 Å². The molecule has 6 aromatic carbocycles. The zero-order valence-corrected chi connectivity index (χ0v) is 69.3. The van der Waals surface area contributed by atoms with Crippen molar-refractivity contribution in [3.63, 3.8) is 0 Å². The van der Waals surface area contributed by atoms with Crippen molar-refractivity contribution in [3.05, 3.63) is 287 Å². The van der Waals surface area contributed by atoms with E-state index in [-0.39, 0.29) is 181 Å². The van der Waals surface area contributed by atoms with E-state index in [9.17, 15) is 119 Å². The molecule has 0 bridgehead atoms. The van der Waals surface area contributed by atoms with E-state index >= 15 is 0 Å². The third-order valence-electron chi connectivity index (χ3n) is 17.6. The molecule has 0 aliphatic carbocycles. The van der Waals surface area contributed by atoms with E-state index in [1.54, 1.807) is 146 Å². The summed E-state index contributed by atoms with van der Waals surface area (Å²) in [6, 6.07) is 55.8. The van der Waals surface area contributed by atoms with Crippen LogP contribution in [-0.4, -0.2) is 131 Å². The smallest absolute Gasteiger partial charge is 1.00 e. The van der Waals surface area contributed by atoms with Crippen LogP contribution in [0.15, 0.2) is 218 Å². The van der Waals surface area contributed by atoms with Crippen LogP contribution >= 0.6 is 0 Å². The molecule has 637 valence electrons. The van der Waals surface area contributed by atoms with Gasteiger partial charge in [0, 0.05) is 64.6 Å². The molecule has 0 spiro atoms. The van der Waals surface area contributed by atoms with Crippen LogP contribution in [0.3, 0.4) is 0 Å². The summed E-state index contributed by atoms with van der Waals surface area (Å²) in [6.07, 6.45) is 0. The average molecular weight is 1990 g/mol. The number of carbonyl (C=O) groups is 12. The quantitative estimate of drug-likeness (QED) is 0.103. The number of aromatic carboxylic acids is 12. The van der Waals surface area contributed by atoms with Crippen LogP contribution in [0.1, 0.15) is 126 Å². The molecular weight excluding hydrogens is 1950 g/mol. The minimum Gasteiger partial charge on any atom is -1.00 e.